The van der Waals surface area contributed by atoms with Crippen molar-refractivity contribution < 1.29 is 9.53 Å². The summed E-state index contributed by atoms with van der Waals surface area (Å²) in [6.45, 7) is 7.64. The number of carbonyl (C=O) groups excluding carboxylic acids is 1. The minimum absolute atomic E-state index is 0.0871. The average molecular weight is 242 g/mol. The molecule has 0 aromatic carbocycles. The van der Waals surface area contributed by atoms with E-state index in [1.54, 1.807) is 7.05 Å². The predicted molar refractivity (Wildman–Crippen MR) is 68.9 cm³/mol. The molecule has 0 saturated carbocycles. The third-order valence-electron chi connectivity index (χ3n) is 3.50. The number of hydrogen-bond donors (Lipinski definition) is 2. The van der Waals surface area contributed by atoms with E-state index in [0.29, 0.717) is 18.7 Å². The number of rotatable bonds is 5. The van der Waals surface area contributed by atoms with Crippen molar-refractivity contribution in [2.45, 2.75) is 52.2 Å². The van der Waals surface area contributed by atoms with Crippen molar-refractivity contribution in [3.05, 3.63) is 0 Å². The Bertz CT molecular complexity index is 254. The summed E-state index contributed by atoms with van der Waals surface area (Å²) in [5.74, 6) is 0.0871. The first-order valence-corrected chi connectivity index (χ1v) is 6.56. The molecule has 0 aromatic heterocycles. The zero-order valence-corrected chi connectivity index (χ0v) is 11.5. The summed E-state index contributed by atoms with van der Waals surface area (Å²) >= 11 is 0. The van der Waals surface area contributed by atoms with Crippen molar-refractivity contribution in [2.75, 3.05) is 20.2 Å². The molecule has 1 aliphatic rings. The van der Waals surface area contributed by atoms with Gasteiger partial charge in [0.2, 0.25) is 5.91 Å². The minimum Gasteiger partial charge on any atom is -0.378 e. The molecule has 4 heteroatoms. The maximum absolute atomic E-state index is 11.7. The number of carbonyl (C=O) groups is 1. The molecule has 0 bridgehead atoms. The smallest absolute Gasteiger partial charge is 0.226 e. The second-order valence-electron chi connectivity index (χ2n) is 5.47. The molecular formula is C13H26N2O2. The Kier molecular flexibility index (Phi) is 5.40. The molecule has 2 atom stereocenters. The summed E-state index contributed by atoms with van der Waals surface area (Å²) in [7, 11) is 1.69. The SMILES string of the molecule is CCC1CC(NCC(C)(C)C(=O)NC)CCO1. The van der Waals surface area contributed by atoms with Crippen LogP contribution in [0.3, 0.4) is 0 Å². The first-order valence-electron chi connectivity index (χ1n) is 6.56. The van der Waals surface area contributed by atoms with E-state index in [-0.39, 0.29) is 11.3 Å². The van der Waals surface area contributed by atoms with Gasteiger partial charge in [-0.1, -0.05) is 6.92 Å². The number of nitrogens with one attached hydrogen (secondary N) is 2. The lowest BCUT2D eigenvalue weighted by Gasteiger charge is -2.32. The molecule has 1 aliphatic heterocycles. The summed E-state index contributed by atoms with van der Waals surface area (Å²) in [5.41, 5.74) is -0.352. The summed E-state index contributed by atoms with van der Waals surface area (Å²) in [6.07, 6.45) is 3.54. The van der Waals surface area contributed by atoms with Crippen LogP contribution in [-0.2, 0) is 9.53 Å². The number of ether oxygens (including phenoxy) is 1. The number of amides is 1. The van der Waals surface area contributed by atoms with Crippen molar-refractivity contribution in [1.82, 2.24) is 10.6 Å². The summed E-state index contributed by atoms with van der Waals surface area (Å²) in [6, 6.07) is 0.484. The van der Waals surface area contributed by atoms with E-state index in [4.69, 9.17) is 4.74 Å². The Hall–Kier alpha value is -0.610. The molecule has 1 amide bonds. The van der Waals surface area contributed by atoms with Gasteiger partial charge in [-0.15, -0.1) is 0 Å². The van der Waals surface area contributed by atoms with Gasteiger partial charge in [0.1, 0.15) is 0 Å². The highest BCUT2D eigenvalue weighted by molar-refractivity contribution is 5.81. The van der Waals surface area contributed by atoms with E-state index in [0.717, 1.165) is 25.9 Å². The van der Waals surface area contributed by atoms with E-state index in [2.05, 4.69) is 17.6 Å². The quantitative estimate of drug-likeness (QED) is 0.764. The van der Waals surface area contributed by atoms with E-state index in [1.165, 1.54) is 0 Å². The van der Waals surface area contributed by atoms with Crippen molar-refractivity contribution >= 4 is 5.91 Å². The van der Waals surface area contributed by atoms with Crippen LogP contribution in [0, 0.1) is 5.41 Å². The lowest BCUT2D eigenvalue weighted by molar-refractivity contribution is -0.128. The molecule has 1 fully saturated rings. The Morgan fingerprint density at radius 1 is 1.47 bits per heavy atom. The normalized spacial score (nSPS) is 25.6. The van der Waals surface area contributed by atoms with Crippen LogP contribution >= 0.6 is 0 Å². The van der Waals surface area contributed by atoms with Gasteiger partial charge >= 0.3 is 0 Å². The Labute approximate surface area is 104 Å². The Morgan fingerprint density at radius 2 is 2.18 bits per heavy atom. The molecule has 0 spiro atoms. The number of hydrogen-bond acceptors (Lipinski definition) is 3. The molecular weight excluding hydrogens is 216 g/mol. The van der Waals surface area contributed by atoms with Crippen molar-refractivity contribution in [1.29, 1.82) is 0 Å². The monoisotopic (exact) mass is 242 g/mol. The molecule has 100 valence electrons. The van der Waals surface area contributed by atoms with Crippen LogP contribution in [0.2, 0.25) is 0 Å². The van der Waals surface area contributed by atoms with E-state index in [9.17, 15) is 4.79 Å². The first kappa shape index (κ1) is 14.5. The van der Waals surface area contributed by atoms with E-state index >= 15 is 0 Å². The third kappa shape index (κ3) is 4.28. The van der Waals surface area contributed by atoms with Gasteiger partial charge in [0.05, 0.1) is 11.5 Å². The summed E-state index contributed by atoms with van der Waals surface area (Å²) in [4.78, 5) is 11.7. The second kappa shape index (κ2) is 6.36. The van der Waals surface area contributed by atoms with Crippen LogP contribution in [0.15, 0.2) is 0 Å². The molecule has 2 N–H and O–H groups in total. The van der Waals surface area contributed by atoms with Gasteiger partial charge in [-0.3, -0.25) is 4.79 Å². The standard InChI is InChI=1S/C13H26N2O2/c1-5-11-8-10(6-7-17-11)15-9-13(2,3)12(16)14-4/h10-11,15H,5-9H2,1-4H3,(H,14,16). The van der Waals surface area contributed by atoms with Gasteiger partial charge in [-0.25, -0.2) is 0 Å². The molecule has 1 rings (SSSR count). The molecule has 4 nitrogen and oxygen atoms in total. The average Bonchev–Trinajstić information content (AvgIpc) is 2.35. The topological polar surface area (TPSA) is 50.4 Å². The third-order valence-corrected chi connectivity index (χ3v) is 3.50. The minimum atomic E-state index is -0.352. The molecule has 1 heterocycles. The predicted octanol–water partition coefficient (Wildman–Crippen LogP) is 1.31. The second-order valence-corrected chi connectivity index (χ2v) is 5.47. The lowest BCUT2D eigenvalue weighted by atomic mass is 9.91. The van der Waals surface area contributed by atoms with E-state index in [1.807, 2.05) is 13.8 Å². The molecule has 1 saturated heterocycles. The highest BCUT2D eigenvalue weighted by Crippen LogP contribution is 2.19. The fraction of sp³-hybridized carbons (Fsp3) is 0.923. The molecule has 0 aliphatic carbocycles. The Balaban J connectivity index is 2.37. The summed E-state index contributed by atoms with van der Waals surface area (Å²) < 4.78 is 5.64. The van der Waals surface area contributed by atoms with Crippen LogP contribution in [0.4, 0.5) is 0 Å². The fourth-order valence-electron chi connectivity index (χ4n) is 2.17. The van der Waals surface area contributed by atoms with Gasteiger partial charge in [-0.05, 0) is 33.1 Å². The van der Waals surface area contributed by atoms with Gasteiger partial charge in [0.15, 0.2) is 0 Å². The van der Waals surface area contributed by atoms with E-state index < -0.39 is 0 Å². The van der Waals surface area contributed by atoms with Crippen LogP contribution in [0.25, 0.3) is 0 Å². The van der Waals surface area contributed by atoms with Crippen LogP contribution < -0.4 is 10.6 Å². The lowest BCUT2D eigenvalue weighted by Crippen LogP contribution is -2.47. The highest BCUT2D eigenvalue weighted by atomic mass is 16.5. The van der Waals surface area contributed by atoms with Crippen LogP contribution in [0.1, 0.15) is 40.0 Å². The van der Waals surface area contributed by atoms with Crippen molar-refractivity contribution in [2.24, 2.45) is 5.41 Å². The zero-order valence-electron chi connectivity index (χ0n) is 11.5. The van der Waals surface area contributed by atoms with Crippen LogP contribution in [0.5, 0.6) is 0 Å². The van der Waals surface area contributed by atoms with Crippen LogP contribution in [-0.4, -0.2) is 38.3 Å². The maximum Gasteiger partial charge on any atom is 0.226 e. The van der Waals surface area contributed by atoms with Crippen molar-refractivity contribution in [3.63, 3.8) is 0 Å². The molecule has 0 aromatic rings. The largest absolute Gasteiger partial charge is 0.378 e. The fourth-order valence-corrected chi connectivity index (χ4v) is 2.17. The van der Waals surface area contributed by atoms with Crippen molar-refractivity contribution in [3.8, 4) is 0 Å². The highest BCUT2D eigenvalue weighted by Gasteiger charge is 2.28. The van der Waals surface area contributed by atoms with Gasteiger partial charge in [0.25, 0.3) is 0 Å². The first-order chi connectivity index (χ1) is 7.99. The molecule has 2 unspecified atom stereocenters. The van der Waals surface area contributed by atoms with Gasteiger partial charge < -0.3 is 15.4 Å². The Morgan fingerprint density at radius 3 is 2.76 bits per heavy atom. The maximum atomic E-state index is 11.7. The molecule has 0 radical (unpaired) electrons. The molecule has 17 heavy (non-hydrogen) atoms. The zero-order chi connectivity index (χ0) is 12.9. The summed E-state index contributed by atoms with van der Waals surface area (Å²) in [5, 5.41) is 6.21. The van der Waals surface area contributed by atoms with Gasteiger partial charge in [-0.2, -0.15) is 0 Å². The van der Waals surface area contributed by atoms with Gasteiger partial charge in [0, 0.05) is 26.2 Å².